The van der Waals surface area contributed by atoms with E-state index in [2.05, 4.69) is 27.9 Å². The zero-order valence-corrected chi connectivity index (χ0v) is 21.5. The Kier molecular flexibility index (Phi) is 4.68. The minimum absolute atomic E-state index is 0.0578. The molecule has 6 atom stereocenters. The van der Waals surface area contributed by atoms with Crippen molar-refractivity contribution in [1.82, 2.24) is 5.32 Å². The summed E-state index contributed by atoms with van der Waals surface area (Å²) in [6.07, 6.45) is 3.60. The zero-order chi connectivity index (χ0) is 24.2. The molecule has 7 rings (SSSR count). The number of rotatable bonds is 4. The van der Waals surface area contributed by atoms with E-state index >= 15 is 0 Å². The largest absolute Gasteiger partial charge is 0.632 e. The molecule has 7 nitrogen and oxygen atoms in total. The van der Waals surface area contributed by atoms with Crippen LogP contribution in [0.15, 0.2) is 36.4 Å². The summed E-state index contributed by atoms with van der Waals surface area (Å²) >= 11 is 2.21. The Morgan fingerprint density at radius 1 is 1.17 bits per heavy atom. The summed E-state index contributed by atoms with van der Waals surface area (Å²) < 4.78 is 7.18. The quantitative estimate of drug-likeness (QED) is 0.289. The SMILES string of the molecule is O=C(N[C@@H]1CC[C@@]2(O)[C@H]3Cc4ccc(O)c5c4C2(CC[N+]3([O-])CC2CC2)[C@H]1O5)c1ccc(I)cc1. The molecule has 1 amide bonds. The number of hydrogen-bond acceptors (Lipinski definition) is 5. The highest BCUT2D eigenvalue weighted by Gasteiger charge is 2.76. The normalized spacial score (nSPS) is 38.4. The number of ether oxygens (including phenoxy) is 1. The van der Waals surface area contributed by atoms with Gasteiger partial charge in [-0.25, -0.2) is 0 Å². The molecule has 184 valence electrons. The van der Waals surface area contributed by atoms with Gasteiger partial charge in [0.05, 0.1) is 24.5 Å². The summed E-state index contributed by atoms with van der Waals surface area (Å²) in [5.41, 5.74) is 0.396. The van der Waals surface area contributed by atoms with Crippen LogP contribution < -0.4 is 10.1 Å². The van der Waals surface area contributed by atoms with Crippen molar-refractivity contribution in [3.63, 3.8) is 0 Å². The summed E-state index contributed by atoms with van der Waals surface area (Å²) in [7, 11) is 0. The molecule has 2 aliphatic heterocycles. The average molecular weight is 588 g/mol. The third kappa shape index (κ3) is 2.97. The molecule has 2 bridgehead atoms. The number of nitrogens with zero attached hydrogens (tertiary/aromatic N) is 1. The molecule has 3 fully saturated rings. The molecule has 0 radical (unpaired) electrons. The fraction of sp³-hybridized carbons (Fsp3) is 0.519. The average Bonchev–Trinajstić information content (AvgIpc) is 3.56. The van der Waals surface area contributed by atoms with E-state index in [0.29, 0.717) is 56.0 Å². The van der Waals surface area contributed by atoms with Gasteiger partial charge in [0.15, 0.2) is 11.5 Å². The van der Waals surface area contributed by atoms with E-state index < -0.39 is 23.2 Å². The van der Waals surface area contributed by atoms with E-state index in [0.717, 1.165) is 27.5 Å². The van der Waals surface area contributed by atoms with Crippen molar-refractivity contribution in [2.45, 2.75) is 67.7 Å². The van der Waals surface area contributed by atoms with Gasteiger partial charge in [0, 0.05) is 33.5 Å². The lowest BCUT2D eigenvalue weighted by atomic mass is 9.48. The fourth-order valence-corrected chi connectivity index (χ4v) is 8.12. The Morgan fingerprint density at radius 3 is 2.69 bits per heavy atom. The van der Waals surface area contributed by atoms with E-state index in [4.69, 9.17) is 4.74 Å². The molecular formula is C27H29IN2O5. The number of nitrogens with one attached hydrogen (secondary N) is 1. The predicted molar refractivity (Wildman–Crippen MR) is 137 cm³/mol. The van der Waals surface area contributed by atoms with E-state index in [9.17, 15) is 20.2 Å². The number of quaternary nitrogens is 1. The molecule has 3 N–H and O–H groups in total. The van der Waals surface area contributed by atoms with Gasteiger partial charge in [-0.05, 0) is 84.2 Å². The van der Waals surface area contributed by atoms with Crippen LogP contribution >= 0.6 is 22.6 Å². The van der Waals surface area contributed by atoms with Crippen molar-refractivity contribution in [2.24, 2.45) is 5.92 Å². The minimum atomic E-state index is -1.23. The first kappa shape index (κ1) is 22.3. The fourth-order valence-electron chi connectivity index (χ4n) is 7.76. The van der Waals surface area contributed by atoms with Crippen molar-refractivity contribution in [1.29, 1.82) is 0 Å². The maximum atomic E-state index is 14.3. The molecule has 2 saturated carbocycles. The maximum absolute atomic E-state index is 14.3. The number of carbonyl (C=O) groups is 1. The second-order valence-electron chi connectivity index (χ2n) is 11.3. The number of likely N-dealkylation sites (tertiary alicyclic amines) is 1. The molecule has 2 unspecified atom stereocenters. The van der Waals surface area contributed by atoms with Gasteiger partial charge in [0.2, 0.25) is 0 Å². The summed E-state index contributed by atoms with van der Waals surface area (Å²) in [6, 6.07) is 10.2. The smallest absolute Gasteiger partial charge is 0.251 e. The number of hydrogen-bond donors (Lipinski definition) is 3. The molecule has 1 spiro atoms. The van der Waals surface area contributed by atoms with Crippen LogP contribution in [0.3, 0.4) is 0 Å². The number of halogens is 1. The van der Waals surface area contributed by atoms with Crippen LogP contribution in [-0.2, 0) is 11.8 Å². The number of aromatic hydroxyl groups is 1. The lowest BCUT2D eigenvalue weighted by molar-refractivity contribution is -0.924. The second-order valence-corrected chi connectivity index (χ2v) is 12.5. The summed E-state index contributed by atoms with van der Waals surface area (Å²) in [4.78, 5) is 13.2. The van der Waals surface area contributed by atoms with E-state index in [1.807, 2.05) is 18.2 Å². The maximum Gasteiger partial charge on any atom is 0.251 e. The monoisotopic (exact) mass is 588 g/mol. The van der Waals surface area contributed by atoms with E-state index in [1.54, 1.807) is 18.2 Å². The Labute approximate surface area is 217 Å². The zero-order valence-electron chi connectivity index (χ0n) is 19.4. The third-order valence-corrected chi connectivity index (χ3v) is 10.2. The first-order valence-corrected chi connectivity index (χ1v) is 13.7. The highest BCUT2D eigenvalue weighted by atomic mass is 127. The second kappa shape index (κ2) is 7.34. The van der Waals surface area contributed by atoms with Crippen LogP contribution in [0.5, 0.6) is 11.5 Å². The highest BCUT2D eigenvalue weighted by Crippen LogP contribution is 2.66. The third-order valence-electron chi connectivity index (χ3n) is 9.48. The summed E-state index contributed by atoms with van der Waals surface area (Å²) in [6.45, 7) is 0.998. The lowest BCUT2D eigenvalue weighted by Crippen LogP contribution is -2.81. The van der Waals surface area contributed by atoms with Crippen LogP contribution in [0.2, 0.25) is 0 Å². The summed E-state index contributed by atoms with van der Waals surface area (Å²) in [5, 5.41) is 40.7. The molecular weight excluding hydrogens is 559 g/mol. The van der Waals surface area contributed by atoms with Crippen LogP contribution in [-0.4, -0.2) is 57.6 Å². The Balaban J connectivity index is 1.31. The van der Waals surface area contributed by atoms with Crippen LogP contribution in [0, 0.1) is 14.7 Å². The Bertz CT molecular complexity index is 1230. The molecule has 3 aliphatic carbocycles. The van der Waals surface area contributed by atoms with E-state index in [1.165, 1.54) is 0 Å². The first-order valence-electron chi connectivity index (χ1n) is 12.6. The van der Waals surface area contributed by atoms with Gasteiger partial charge in [0.25, 0.3) is 5.91 Å². The molecule has 8 heteroatoms. The van der Waals surface area contributed by atoms with Crippen molar-refractivity contribution in [2.75, 3.05) is 13.1 Å². The van der Waals surface area contributed by atoms with Crippen molar-refractivity contribution in [3.8, 4) is 11.5 Å². The number of amides is 1. The molecule has 2 aromatic carbocycles. The standard InChI is InChI=1S/C27H29IN2O5/c28-18-6-3-16(4-7-18)25(32)29-19-9-10-27(33)21-13-17-5-8-20(31)23-22(17)26(27,24(19)35-23)11-12-30(21,34)14-15-1-2-15/h3-8,15,19,21,24,31,33H,1-2,9-14H2,(H,29,32)/t19-,21-,24+,26?,27-,30?/m1/s1. The topological polar surface area (TPSA) is 102 Å². The summed E-state index contributed by atoms with van der Waals surface area (Å²) in [5.74, 6) is 0.764. The van der Waals surface area contributed by atoms with Gasteiger partial charge in [0.1, 0.15) is 17.7 Å². The molecule has 1 saturated heterocycles. The number of carbonyl (C=O) groups excluding carboxylic acids is 1. The number of phenols is 1. The predicted octanol–water partition coefficient (Wildman–Crippen LogP) is 3.37. The Hall–Kier alpha value is -1.88. The van der Waals surface area contributed by atoms with Gasteiger partial charge >= 0.3 is 0 Å². The van der Waals surface area contributed by atoms with E-state index in [-0.39, 0.29) is 22.3 Å². The molecule has 0 aromatic heterocycles. The van der Waals surface area contributed by atoms with Gasteiger partial charge in [-0.15, -0.1) is 0 Å². The van der Waals surface area contributed by atoms with Crippen molar-refractivity contribution >= 4 is 28.5 Å². The minimum Gasteiger partial charge on any atom is -0.632 e. The first-order chi connectivity index (χ1) is 16.7. The molecule has 2 heterocycles. The molecule has 5 aliphatic rings. The van der Waals surface area contributed by atoms with Crippen LogP contribution in [0.4, 0.5) is 0 Å². The Morgan fingerprint density at radius 2 is 1.94 bits per heavy atom. The molecule has 35 heavy (non-hydrogen) atoms. The van der Waals surface area contributed by atoms with Crippen LogP contribution in [0.25, 0.3) is 0 Å². The van der Waals surface area contributed by atoms with Gasteiger partial charge in [-0.2, -0.15) is 0 Å². The number of piperidine rings is 1. The number of phenolic OH excluding ortho intramolecular Hbond substituents is 1. The van der Waals surface area contributed by atoms with Gasteiger partial charge in [-0.1, -0.05) is 6.07 Å². The number of aliphatic hydroxyl groups is 1. The number of benzene rings is 2. The van der Waals surface area contributed by atoms with Gasteiger partial charge in [-0.3, -0.25) is 4.79 Å². The van der Waals surface area contributed by atoms with Crippen molar-refractivity contribution in [3.05, 3.63) is 61.9 Å². The highest BCUT2D eigenvalue weighted by molar-refractivity contribution is 14.1. The van der Waals surface area contributed by atoms with Gasteiger partial charge < -0.3 is 30.1 Å². The van der Waals surface area contributed by atoms with Crippen molar-refractivity contribution < 1.29 is 24.4 Å². The van der Waals surface area contributed by atoms with Crippen LogP contribution in [0.1, 0.15) is 53.6 Å². The molecule has 2 aromatic rings. The lowest BCUT2D eigenvalue weighted by Gasteiger charge is -2.68. The number of hydroxylamine groups is 3.